The summed E-state index contributed by atoms with van der Waals surface area (Å²) in [5, 5.41) is 0.901. The molecule has 2 aliphatic heterocycles. The van der Waals surface area contributed by atoms with Gasteiger partial charge in [-0.2, -0.15) is 0 Å². The summed E-state index contributed by atoms with van der Waals surface area (Å²) in [6, 6.07) is 7.53. The fourth-order valence-corrected chi connectivity index (χ4v) is 3.82. The molecule has 2 fully saturated rings. The molecule has 2 aliphatic rings. The Morgan fingerprint density at radius 2 is 2.26 bits per heavy atom. The molecule has 3 heterocycles. The first-order valence-corrected chi connectivity index (χ1v) is 7.67. The van der Waals surface area contributed by atoms with E-state index < -0.39 is 5.41 Å². The van der Waals surface area contributed by atoms with Gasteiger partial charge in [0.05, 0.1) is 20.3 Å². The number of esters is 1. The normalized spacial score (nSPS) is 26.5. The number of nitrogens with zero attached hydrogens (tertiary/aromatic N) is 1. The minimum absolute atomic E-state index is 0.00401. The third-order valence-corrected chi connectivity index (χ3v) is 5.08. The number of amides is 1. The van der Waals surface area contributed by atoms with E-state index >= 15 is 0 Å². The molecule has 1 amide bonds. The molecule has 1 aromatic heterocycles. The van der Waals surface area contributed by atoms with Gasteiger partial charge in [-0.1, -0.05) is 6.07 Å². The Labute approximate surface area is 133 Å². The van der Waals surface area contributed by atoms with Gasteiger partial charge in [0.2, 0.25) is 0 Å². The monoisotopic (exact) mass is 314 g/mol. The van der Waals surface area contributed by atoms with Gasteiger partial charge < -0.3 is 19.4 Å². The lowest BCUT2D eigenvalue weighted by Gasteiger charge is -2.24. The van der Waals surface area contributed by atoms with Gasteiger partial charge in [-0.15, -0.1) is 0 Å². The zero-order chi connectivity index (χ0) is 16.0. The van der Waals surface area contributed by atoms with Crippen molar-refractivity contribution in [3.8, 4) is 0 Å². The lowest BCUT2D eigenvalue weighted by atomic mass is 9.81. The van der Waals surface area contributed by atoms with Crippen molar-refractivity contribution in [1.82, 2.24) is 9.88 Å². The second-order valence-corrected chi connectivity index (χ2v) is 6.29. The van der Waals surface area contributed by atoms with Crippen molar-refractivity contribution in [2.75, 3.05) is 33.4 Å². The van der Waals surface area contributed by atoms with Crippen molar-refractivity contribution in [2.24, 2.45) is 11.3 Å². The quantitative estimate of drug-likeness (QED) is 0.851. The van der Waals surface area contributed by atoms with Crippen LogP contribution in [-0.4, -0.2) is 55.2 Å². The Bertz CT molecular complexity index is 784. The molecule has 120 valence electrons. The van der Waals surface area contributed by atoms with Crippen LogP contribution in [0, 0.1) is 11.3 Å². The lowest BCUT2D eigenvalue weighted by molar-refractivity contribution is -0.153. The summed E-state index contributed by atoms with van der Waals surface area (Å²) in [5.74, 6) is -0.327. The van der Waals surface area contributed by atoms with E-state index in [1.54, 1.807) is 4.90 Å². The highest BCUT2D eigenvalue weighted by Gasteiger charge is 2.57. The first-order valence-electron chi connectivity index (χ1n) is 7.67. The number of likely N-dealkylation sites (tertiary alicyclic amines) is 1. The van der Waals surface area contributed by atoms with Crippen LogP contribution in [0.4, 0.5) is 0 Å². The Hall–Kier alpha value is -2.34. The van der Waals surface area contributed by atoms with Crippen molar-refractivity contribution < 1.29 is 19.1 Å². The van der Waals surface area contributed by atoms with Crippen LogP contribution in [0.15, 0.2) is 30.5 Å². The van der Waals surface area contributed by atoms with Gasteiger partial charge in [-0.3, -0.25) is 9.59 Å². The van der Waals surface area contributed by atoms with Crippen molar-refractivity contribution in [3.63, 3.8) is 0 Å². The number of hydrogen-bond donors (Lipinski definition) is 1. The van der Waals surface area contributed by atoms with Crippen LogP contribution >= 0.6 is 0 Å². The highest BCUT2D eigenvalue weighted by atomic mass is 16.5. The third-order valence-electron chi connectivity index (χ3n) is 5.08. The number of H-pyrrole nitrogens is 1. The number of nitrogens with one attached hydrogen (secondary N) is 1. The van der Waals surface area contributed by atoms with Crippen LogP contribution in [0.3, 0.4) is 0 Å². The first kappa shape index (κ1) is 14.3. The lowest BCUT2D eigenvalue weighted by Crippen LogP contribution is -2.41. The number of hydrogen-bond acceptors (Lipinski definition) is 4. The molecule has 0 unspecified atom stereocenters. The molecule has 6 nitrogen and oxygen atoms in total. The first-order chi connectivity index (χ1) is 11.2. The van der Waals surface area contributed by atoms with Gasteiger partial charge in [0.25, 0.3) is 5.91 Å². The highest BCUT2D eigenvalue weighted by molar-refractivity contribution is 6.06. The molecular formula is C17H18N2O4. The summed E-state index contributed by atoms with van der Waals surface area (Å²) in [5.41, 5.74) is 0.877. The fraction of sp³-hybridized carbons (Fsp3) is 0.412. The number of aromatic amines is 1. The van der Waals surface area contributed by atoms with E-state index in [1.165, 1.54) is 7.11 Å². The average Bonchev–Trinajstić information content (AvgIpc) is 3.25. The second-order valence-electron chi connectivity index (χ2n) is 6.29. The maximum atomic E-state index is 13.0. The summed E-state index contributed by atoms with van der Waals surface area (Å²) in [4.78, 5) is 30.1. The predicted octanol–water partition coefficient (Wildman–Crippen LogP) is 1.43. The minimum atomic E-state index is -0.712. The fourth-order valence-electron chi connectivity index (χ4n) is 3.82. The molecule has 2 aromatic rings. The summed E-state index contributed by atoms with van der Waals surface area (Å²) >= 11 is 0. The molecular weight excluding hydrogens is 296 g/mol. The van der Waals surface area contributed by atoms with Crippen molar-refractivity contribution in [3.05, 3.63) is 36.0 Å². The molecule has 4 rings (SSSR count). The van der Waals surface area contributed by atoms with Crippen LogP contribution in [0.2, 0.25) is 0 Å². The van der Waals surface area contributed by atoms with E-state index in [9.17, 15) is 9.59 Å². The molecule has 0 spiro atoms. The smallest absolute Gasteiger partial charge is 0.316 e. The standard InChI is InChI=1S/C17H18N2O4/c1-22-16(21)17-9-19(7-11(17)8-23-10-17)15(20)13-3-2-4-14-12(13)5-6-18-14/h2-6,11,18H,7-10H2,1H3/t11-,17-/m0/s1. The Balaban J connectivity index is 1.66. The van der Waals surface area contributed by atoms with Crippen LogP contribution in [-0.2, 0) is 14.3 Å². The largest absolute Gasteiger partial charge is 0.468 e. The number of rotatable bonds is 2. The average molecular weight is 314 g/mol. The molecule has 0 aliphatic carbocycles. The maximum absolute atomic E-state index is 13.0. The topological polar surface area (TPSA) is 71.6 Å². The van der Waals surface area contributed by atoms with Crippen LogP contribution < -0.4 is 0 Å². The number of aromatic nitrogens is 1. The highest BCUT2D eigenvalue weighted by Crippen LogP contribution is 2.42. The zero-order valence-electron chi connectivity index (χ0n) is 12.9. The van der Waals surface area contributed by atoms with Gasteiger partial charge in [-0.25, -0.2) is 0 Å². The molecule has 1 aromatic carbocycles. The SMILES string of the molecule is COC(=O)[C@@]12COC[C@@H]1CN(C(=O)c1cccc3[nH]ccc13)C2. The molecule has 2 saturated heterocycles. The van der Waals surface area contributed by atoms with Crippen molar-refractivity contribution in [1.29, 1.82) is 0 Å². The Kier molecular flexibility index (Phi) is 3.16. The zero-order valence-corrected chi connectivity index (χ0v) is 12.9. The van der Waals surface area contributed by atoms with Gasteiger partial charge in [-0.05, 0) is 18.2 Å². The summed E-state index contributed by atoms with van der Waals surface area (Å²) in [7, 11) is 1.39. The van der Waals surface area contributed by atoms with E-state index in [0.717, 1.165) is 10.9 Å². The van der Waals surface area contributed by atoms with Crippen molar-refractivity contribution >= 4 is 22.8 Å². The minimum Gasteiger partial charge on any atom is -0.468 e. The number of carbonyl (C=O) groups excluding carboxylic acids is 2. The number of carbonyl (C=O) groups is 2. The Morgan fingerprint density at radius 1 is 1.39 bits per heavy atom. The van der Waals surface area contributed by atoms with E-state index in [2.05, 4.69) is 4.98 Å². The molecule has 1 N–H and O–H groups in total. The van der Waals surface area contributed by atoms with Gasteiger partial charge in [0.1, 0.15) is 5.41 Å². The molecule has 0 radical (unpaired) electrons. The van der Waals surface area contributed by atoms with Crippen LogP contribution in [0.25, 0.3) is 10.9 Å². The number of fused-ring (bicyclic) bond motifs is 2. The number of methoxy groups -OCH3 is 1. The van der Waals surface area contributed by atoms with E-state index in [1.807, 2.05) is 30.5 Å². The van der Waals surface area contributed by atoms with Crippen LogP contribution in [0.5, 0.6) is 0 Å². The molecule has 6 heteroatoms. The summed E-state index contributed by atoms with van der Waals surface area (Å²) in [6.07, 6.45) is 1.82. The maximum Gasteiger partial charge on any atom is 0.316 e. The molecule has 0 saturated carbocycles. The Morgan fingerprint density at radius 3 is 3.09 bits per heavy atom. The van der Waals surface area contributed by atoms with Gasteiger partial charge in [0, 0.05) is 41.7 Å². The number of benzene rings is 1. The third kappa shape index (κ3) is 1.98. The van der Waals surface area contributed by atoms with E-state index in [-0.39, 0.29) is 17.8 Å². The number of ether oxygens (including phenoxy) is 2. The van der Waals surface area contributed by atoms with Gasteiger partial charge >= 0.3 is 5.97 Å². The summed E-state index contributed by atoms with van der Waals surface area (Å²) < 4.78 is 10.5. The van der Waals surface area contributed by atoms with E-state index in [0.29, 0.717) is 31.9 Å². The van der Waals surface area contributed by atoms with E-state index in [4.69, 9.17) is 9.47 Å². The predicted molar refractivity (Wildman–Crippen MR) is 83.0 cm³/mol. The molecule has 0 bridgehead atoms. The van der Waals surface area contributed by atoms with Crippen molar-refractivity contribution in [2.45, 2.75) is 0 Å². The van der Waals surface area contributed by atoms with Crippen LogP contribution in [0.1, 0.15) is 10.4 Å². The summed E-state index contributed by atoms with van der Waals surface area (Å²) in [6.45, 7) is 1.69. The molecule has 2 atom stereocenters. The second kappa shape index (κ2) is 5.09. The molecule has 23 heavy (non-hydrogen) atoms. The van der Waals surface area contributed by atoms with Gasteiger partial charge in [0.15, 0.2) is 0 Å².